The maximum Gasteiger partial charge on any atom is 0.274 e. The van der Waals surface area contributed by atoms with E-state index in [4.69, 9.17) is 5.21 Å². The van der Waals surface area contributed by atoms with Crippen molar-refractivity contribution in [1.29, 1.82) is 0 Å². The van der Waals surface area contributed by atoms with Gasteiger partial charge in [0.15, 0.2) is 17.0 Å². The highest BCUT2D eigenvalue weighted by molar-refractivity contribution is 9.10. The number of anilines is 2. The van der Waals surface area contributed by atoms with Crippen LogP contribution in [0.2, 0.25) is 0 Å². The molecule has 0 saturated heterocycles. The molecule has 4 rings (SSSR count). The first-order valence-electron chi connectivity index (χ1n) is 8.46. The minimum atomic E-state index is -0.576. The highest BCUT2D eigenvalue weighted by Crippen LogP contribution is 2.26. The van der Waals surface area contributed by atoms with E-state index in [1.54, 1.807) is 48.2 Å². The number of carbonyl (C=O) groups is 1. The first kappa shape index (κ1) is 19.0. The molecule has 0 aliphatic rings. The molecule has 0 aliphatic heterocycles. The summed E-state index contributed by atoms with van der Waals surface area (Å²) in [4.78, 5) is 24.2. The van der Waals surface area contributed by atoms with Gasteiger partial charge in [-0.3, -0.25) is 10.0 Å². The fourth-order valence-corrected chi connectivity index (χ4v) is 3.16. The third-order valence-corrected chi connectivity index (χ3v) is 4.75. The van der Waals surface area contributed by atoms with Crippen LogP contribution in [-0.4, -0.2) is 30.6 Å². The fourth-order valence-electron chi connectivity index (χ4n) is 2.83. The Balaban J connectivity index is 1.61. The SMILES string of the molecule is O=C(NO)c1ccc(Cn2cnc3c(Nc4ccc(Br)cc4F)ncnc32)cc1. The summed E-state index contributed by atoms with van der Waals surface area (Å²) in [5.41, 5.74) is 4.21. The molecule has 0 fully saturated rings. The molecule has 0 aliphatic carbocycles. The van der Waals surface area contributed by atoms with Gasteiger partial charge in [-0.15, -0.1) is 0 Å². The summed E-state index contributed by atoms with van der Waals surface area (Å²) in [6, 6.07) is 11.5. The number of nitrogens with zero attached hydrogens (tertiary/aromatic N) is 4. The van der Waals surface area contributed by atoms with E-state index in [0.717, 1.165) is 5.56 Å². The standard InChI is InChI=1S/C19H14BrFN6O2/c20-13-5-6-15(14(21)7-13)25-17-16-18(23-9-22-17)27(10-24-16)8-11-1-3-12(4-2-11)19(28)26-29/h1-7,9-10,29H,8H2,(H,26,28)(H,22,23,25). The number of aromatic nitrogens is 4. The average Bonchev–Trinajstić information content (AvgIpc) is 3.14. The van der Waals surface area contributed by atoms with E-state index < -0.39 is 11.7 Å². The second-order valence-corrected chi connectivity index (χ2v) is 7.07. The van der Waals surface area contributed by atoms with Crippen LogP contribution >= 0.6 is 15.9 Å². The highest BCUT2D eigenvalue weighted by Gasteiger charge is 2.13. The predicted octanol–water partition coefficient (Wildman–Crippen LogP) is 3.64. The molecule has 146 valence electrons. The van der Waals surface area contributed by atoms with Gasteiger partial charge in [0.1, 0.15) is 12.1 Å². The van der Waals surface area contributed by atoms with Gasteiger partial charge in [0, 0.05) is 10.0 Å². The number of benzene rings is 2. The van der Waals surface area contributed by atoms with E-state index in [9.17, 15) is 9.18 Å². The van der Waals surface area contributed by atoms with Crippen LogP contribution in [0.4, 0.5) is 15.9 Å². The van der Waals surface area contributed by atoms with Gasteiger partial charge in [-0.25, -0.2) is 24.8 Å². The second-order valence-electron chi connectivity index (χ2n) is 6.15. The van der Waals surface area contributed by atoms with Crippen molar-refractivity contribution in [3.8, 4) is 0 Å². The molecule has 0 radical (unpaired) electrons. The molecule has 4 aromatic rings. The largest absolute Gasteiger partial charge is 0.336 e. The maximum absolute atomic E-state index is 14.1. The molecule has 0 unspecified atom stereocenters. The predicted molar refractivity (Wildman–Crippen MR) is 108 cm³/mol. The van der Waals surface area contributed by atoms with Gasteiger partial charge in [0.05, 0.1) is 18.6 Å². The number of fused-ring (bicyclic) bond motifs is 1. The van der Waals surface area contributed by atoms with Crippen LogP contribution in [-0.2, 0) is 6.54 Å². The molecule has 8 nitrogen and oxygen atoms in total. The Hall–Kier alpha value is -3.37. The lowest BCUT2D eigenvalue weighted by molar-refractivity contribution is 0.0706. The Labute approximate surface area is 172 Å². The average molecular weight is 457 g/mol. The van der Waals surface area contributed by atoms with Crippen molar-refractivity contribution in [3.63, 3.8) is 0 Å². The molecular weight excluding hydrogens is 443 g/mol. The lowest BCUT2D eigenvalue weighted by Gasteiger charge is -2.08. The molecule has 2 aromatic heterocycles. The summed E-state index contributed by atoms with van der Waals surface area (Å²) in [7, 11) is 0. The zero-order valence-corrected chi connectivity index (χ0v) is 16.4. The summed E-state index contributed by atoms with van der Waals surface area (Å²) < 4.78 is 16.6. The Morgan fingerprint density at radius 2 is 1.93 bits per heavy atom. The molecule has 29 heavy (non-hydrogen) atoms. The molecular formula is C19H14BrFN6O2. The summed E-state index contributed by atoms with van der Waals surface area (Å²) in [6.45, 7) is 0.459. The number of halogens is 2. The molecule has 1 amide bonds. The van der Waals surface area contributed by atoms with Crippen LogP contribution in [0.3, 0.4) is 0 Å². The van der Waals surface area contributed by atoms with Gasteiger partial charge < -0.3 is 9.88 Å². The number of hydroxylamine groups is 1. The maximum atomic E-state index is 14.1. The van der Waals surface area contributed by atoms with Crippen molar-refractivity contribution >= 4 is 44.5 Å². The summed E-state index contributed by atoms with van der Waals surface area (Å²) in [5.74, 6) is -0.601. The summed E-state index contributed by atoms with van der Waals surface area (Å²) >= 11 is 3.23. The van der Waals surface area contributed by atoms with E-state index in [0.29, 0.717) is 33.6 Å². The van der Waals surface area contributed by atoms with Crippen molar-refractivity contribution in [2.75, 3.05) is 5.32 Å². The Kier molecular flexibility index (Phi) is 5.19. The highest BCUT2D eigenvalue weighted by atomic mass is 79.9. The summed E-state index contributed by atoms with van der Waals surface area (Å²) in [5, 5.41) is 11.6. The van der Waals surface area contributed by atoms with Crippen molar-refractivity contribution in [1.82, 2.24) is 25.0 Å². The topological polar surface area (TPSA) is 105 Å². The number of hydrogen-bond donors (Lipinski definition) is 3. The lowest BCUT2D eigenvalue weighted by atomic mass is 10.1. The third kappa shape index (κ3) is 3.93. The van der Waals surface area contributed by atoms with E-state index in [1.165, 1.54) is 12.4 Å². The number of nitrogens with one attached hydrogen (secondary N) is 2. The van der Waals surface area contributed by atoms with Gasteiger partial charge in [-0.2, -0.15) is 0 Å². The molecule has 10 heteroatoms. The number of carbonyl (C=O) groups excluding carboxylic acids is 1. The molecule has 0 spiro atoms. The van der Waals surface area contributed by atoms with Gasteiger partial charge in [-0.1, -0.05) is 28.1 Å². The summed E-state index contributed by atoms with van der Waals surface area (Å²) in [6.07, 6.45) is 3.01. The Bertz CT molecular complexity index is 1200. The molecule has 3 N–H and O–H groups in total. The molecule has 0 saturated carbocycles. The molecule has 0 bridgehead atoms. The smallest absolute Gasteiger partial charge is 0.274 e. The molecule has 0 atom stereocenters. The van der Waals surface area contributed by atoms with Gasteiger partial charge in [-0.05, 0) is 35.9 Å². The second kappa shape index (κ2) is 7.94. The Morgan fingerprint density at radius 1 is 1.14 bits per heavy atom. The van der Waals surface area contributed by atoms with Crippen LogP contribution in [0.15, 0.2) is 59.6 Å². The molecule has 2 heterocycles. The monoisotopic (exact) mass is 456 g/mol. The number of amides is 1. The van der Waals surface area contributed by atoms with E-state index in [-0.39, 0.29) is 5.69 Å². The lowest BCUT2D eigenvalue weighted by Crippen LogP contribution is -2.18. The van der Waals surface area contributed by atoms with Crippen LogP contribution in [0.1, 0.15) is 15.9 Å². The van der Waals surface area contributed by atoms with Crippen molar-refractivity contribution in [3.05, 3.63) is 76.5 Å². The number of hydrogen-bond acceptors (Lipinski definition) is 6. The van der Waals surface area contributed by atoms with Crippen molar-refractivity contribution in [2.24, 2.45) is 0 Å². The van der Waals surface area contributed by atoms with Gasteiger partial charge in [0.2, 0.25) is 0 Å². The van der Waals surface area contributed by atoms with Crippen LogP contribution < -0.4 is 10.8 Å². The zero-order valence-electron chi connectivity index (χ0n) is 14.8. The van der Waals surface area contributed by atoms with E-state index >= 15 is 0 Å². The van der Waals surface area contributed by atoms with E-state index in [2.05, 4.69) is 36.2 Å². The minimum Gasteiger partial charge on any atom is -0.336 e. The quantitative estimate of drug-likeness (QED) is 0.312. The fraction of sp³-hybridized carbons (Fsp3) is 0.0526. The van der Waals surface area contributed by atoms with Crippen molar-refractivity contribution < 1.29 is 14.4 Å². The first-order chi connectivity index (χ1) is 14.0. The first-order valence-corrected chi connectivity index (χ1v) is 9.26. The Morgan fingerprint density at radius 3 is 2.66 bits per heavy atom. The third-order valence-electron chi connectivity index (χ3n) is 4.26. The number of imidazole rings is 1. The van der Waals surface area contributed by atoms with Crippen LogP contribution in [0.5, 0.6) is 0 Å². The number of rotatable bonds is 5. The van der Waals surface area contributed by atoms with Crippen LogP contribution in [0, 0.1) is 5.82 Å². The van der Waals surface area contributed by atoms with E-state index in [1.807, 2.05) is 4.57 Å². The van der Waals surface area contributed by atoms with Crippen molar-refractivity contribution in [2.45, 2.75) is 6.54 Å². The van der Waals surface area contributed by atoms with Gasteiger partial charge in [0.25, 0.3) is 5.91 Å². The van der Waals surface area contributed by atoms with Crippen LogP contribution in [0.25, 0.3) is 11.2 Å². The zero-order chi connectivity index (χ0) is 20.4. The normalized spacial score (nSPS) is 10.9. The molecule has 2 aromatic carbocycles. The van der Waals surface area contributed by atoms with Gasteiger partial charge >= 0.3 is 0 Å². The minimum absolute atomic E-state index is 0.278.